The van der Waals surface area contributed by atoms with Gasteiger partial charge < -0.3 is 11.1 Å². The summed E-state index contributed by atoms with van der Waals surface area (Å²) in [4.78, 5) is 7.01. The van der Waals surface area contributed by atoms with E-state index in [9.17, 15) is 0 Å². The first kappa shape index (κ1) is 17.1. The van der Waals surface area contributed by atoms with Crippen molar-refractivity contribution in [1.82, 2.24) is 15.2 Å². The van der Waals surface area contributed by atoms with Gasteiger partial charge in [0.25, 0.3) is 0 Å². The monoisotopic (exact) mass is 324 g/mol. The largest absolute Gasteiger partial charge is 0.330 e. The number of aromatic nitrogens is 1. The van der Waals surface area contributed by atoms with Crippen LogP contribution >= 0.6 is 0 Å². The minimum atomic E-state index is 0.501. The molecule has 0 amide bonds. The minimum absolute atomic E-state index is 0.501. The first-order valence-electron chi connectivity index (χ1n) is 8.97. The summed E-state index contributed by atoms with van der Waals surface area (Å²) >= 11 is 0. The Bertz CT molecular complexity index is 614. The van der Waals surface area contributed by atoms with Gasteiger partial charge in [0, 0.05) is 31.9 Å². The number of hydrogen-bond donors (Lipinski definition) is 2. The van der Waals surface area contributed by atoms with E-state index in [1.807, 2.05) is 12.3 Å². The van der Waals surface area contributed by atoms with Gasteiger partial charge in [-0.15, -0.1) is 0 Å². The fourth-order valence-corrected chi connectivity index (χ4v) is 3.40. The van der Waals surface area contributed by atoms with Gasteiger partial charge in [0.05, 0.1) is 5.69 Å². The van der Waals surface area contributed by atoms with Crippen molar-refractivity contribution in [3.63, 3.8) is 0 Å². The maximum atomic E-state index is 5.66. The summed E-state index contributed by atoms with van der Waals surface area (Å²) in [7, 11) is 0. The van der Waals surface area contributed by atoms with Crippen molar-refractivity contribution in [3.8, 4) is 0 Å². The summed E-state index contributed by atoms with van der Waals surface area (Å²) in [5.74, 6) is 0. The van der Waals surface area contributed by atoms with Crippen molar-refractivity contribution in [2.45, 2.75) is 38.4 Å². The Morgan fingerprint density at radius 1 is 1.08 bits per heavy atom. The van der Waals surface area contributed by atoms with Gasteiger partial charge >= 0.3 is 0 Å². The second-order valence-corrected chi connectivity index (χ2v) is 6.60. The summed E-state index contributed by atoms with van der Waals surface area (Å²) in [5.41, 5.74) is 9.73. The van der Waals surface area contributed by atoms with Gasteiger partial charge in [-0.25, -0.2) is 0 Å². The number of pyridine rings is 1. The Labute approximate surface area is 145 Å². The van der Waals surface area contributed by atoms with Crippen LogP contribution in [-0.2, 0) is 19.5 Å². The van der Waals surface area contributed by atoms with E-state index in [1.54, 1.807) is 0 Å². The van der Waals surface area contributed by atoms with Crippen LogP contribution in [0.3, 0.4) is 0 Å². The first-order chi connectivity index (χ1) is 11.8. The lowest BCUT2D eigenvalue weighted by Crippen LogP contribution is -2.44. The van der Waals surface area contributed by atoms with Crippen LogP contribution in [0.25, 0.3) is 0 Å². The molecule has 4 heteroatoms. The summed E-state index contributed by atoms with van der Waals surface area (Å²) in [5, 5.41) is 3.70. The Kier molecular flexibility index (Phi) is 6.35. The van der Waals surface area contributed by atoms with E-state index in [2.05, 4.69) is 51.6 Å². The molecular weight excluding hydrogens is 296 g/mol. The average Bonchev–Trinajstić information content (AvgIpc) is 2.62. The van der Waals surface area contributed by atoms with Crippen LogP contribution in [-0.4, -0.2) is 35.6 Å². The topological polar surface area (TPSA) is 54.2 Å². The van der Waals surface area contributed by atoms with Gasteiger partial charge in [-0.2, -0.15) is 0 Å². The highest BCUT2D eigenvalue weighted by Crippen LogP contribution is 2.17. The fraction of sp³-hybridized carbons (Fsp3) is 0.450. The van der Waals surface area contributed by atoms with Crippen LogP contribution in [0.5, 0.6) is 0 Å². The quantitative estimate of drug-likeness (QED) is 0.732. The Balaban J connectivity index is 1.61. The van der Waals surface area contributed by atoms with Crippen molar-refractivity contribution in [2.75, 3.05) is 19.6 Å². The van der Waals surface area contributed by atoms with Crippen LogP contribution in [0.2, 0.25) is 0 Å². The molecule has 1 atom stereocenters. The summed E-state index contributed by atoms with van der Waals surface area (Å²) in [6.07, 6.45) is 5.21. The highest BCUT2D eigenvalue weighted by Gasteiger charge is 2.20. The van der Waals surface area contributed by atoms with Crippen LogP contribution in [0, 0.1) is 0 Å². The van der Waals surface area contributed by atoms with E-state index in [-0.39, 0.29) is 0 Å². The standard InChI is InChI=1S/C20H28N4/c21-10-4-6-12-24(15-19-9-3-5-11-22-19)16-20-13-17-7-1-2-8-18(17)14-23-20/h1-3,5,7-9,11,20,23H,4,6,10,12-16,21H2. The molecule has 128 valence electrons. The SMILES string of the molecule is NCCCCN(Cc1ccccn1)CC1Cc2ccccc2CN1. The molecule has 0 fully saturated rings. The van der Waals surface area contributed by atoms with Crippen molar-refractivity contribution in [3.05, 3.63) is 65.5 Å². The van der Waals surface area contributed by atoms with Crippen LogP contribution < -0.4 is 11.1 Å². The zero-order valence-electron chi connectivity index (χ0n) is 14.3. The molecule has 1 aromatic carbocycles. The molecule has 1 aliphatic rings. The maximum Gasteiger partial charge on any atom is 0.0543 e. The lowest BCUT2D eigenvalue weighted by molar-refractivity contribution is 0.222. The number of rotatable bonds is 8. The molecular formula is C20H28N4. The van der Waals surface area contributed by atoms with Gasteiger partial charge in [-0.05, 0) is 55.6 Å². The van der Waals surface area contributed by atoms with Crippen LogP contribution in [0.1, 0.15) is 29.7 Å². The number of fused-ring (bicyclic) bond motifs is 1. The zero-order chi connectivity index (χ0) is 16.6. The number of unbranched alkanes of at least 4 members (excludes halogenated alkanes) is 1. The Morgan fingerprint density at radius 3 is 2.71 bits per heavy atom. The van der Waals surface area contributed by atoms with Crippen molar-refractivity contribution < 1.29 is 0 Å². The minimum Gasteiger partial charge on any atom is -0.330 e. The van der Waals surface area contributed by atoms with Crippen LogP contribution in [0.15, 0.2) is 48.7 Å². The number of nitrogens with two attached hydrogens (primary N) is 1. The van der Waals surface area contributed by atoms with Gasteiger partial charge in [-0.1, -0.05) is 30.3 Å². The third-order valence-electron chi connectivity index (χ3n) is 4.68. The molecule has 1 aliphatic heterocycles. The van der Waals surface area contributed by atoms with E-state index in [0.717, 1.165) is 57.7 Å². The molecule has 4 nitrogen and oxygen atoms in total. The molecule has 0 spiro atoms. The van der Waals surface area contributed by atoms with E-state index in [4.69, 9.17) is 5.73 Å². The Hall–Kier alpha value is -1.75. The molecule has 0 saturated carbocycles. The number of benzene rings is 1. The lowest BCUT2D eigenvalue weighted by Gasteiger charge is -2.31. The summed E-state index contributed by atoms with van der Waals surface area (Å²) in [6, 6.07) is 15.4. The summed E-state index contributed by atoms with van der Waals surface area (Å²) in [6.45, 7) is 4.78. The molecule has 3 N–H and O–H groups in total. The molecule has 1 aromatic heterocycles. The maximum absolute atomic E-state index is 5.66. The van der Waals surface area contributed by atoms with Gasteiger partial charge in [0.2, 0.25) is 0 Å². The molecule has 2 aromatic rings. The second-order valence-electron chi connectivity index (χ2n) is 6.60. The van der Waals surface area contributed by atoms with Crippen molar-refractivity contribution in [1.29, 1.82) is 0 Å². The fourth-order valence-electron chi connectivity index (χ4n) is 3.40. The first-order valence-corrected chi connectivity index (χ1v) is 8.97. The van der Waals surface area contributed by atoms with Crippen LogP contribution in [0.4, 0.5) is 0 Å². The molecule has 2 heterocycles. The molecule has 0 saturated heterocycles. The van der Waals surface area contributed by atoms with E-state index in [1.165, 1.54) is 11.1 Å². The Morgan fingerprint density at radius 2 is 1.92 bits per heavy atom. The molecule has 0 radical (unpaired) electrons. The van der Waals surface area contributed by atoms with E-state index < -0.39 is 0 Å². The zero-order valence-corrected chi connectivity index (χ0v) is 14.3. The number of nitrogens with one attached hydrogen (secondary N) is 1. The van der Waals surface area contributed by atoms with Gasteiger partial charge in [0.1, 0.15) is 0 Å². The lowest BCUT2D eigenvalue weighted by atomic mass is 9.95. The number of hydrogen-bond acceptors (Lipinski definition) is 4. The second kappa shape index (κ2) is 8.92. The molecule has 1 unspecified atom stereocenters. The normalized spacial score (nSPS) is 17.0. The molecule has 3 rings (SSSR count). The molecule has 0 aliphatic carbocycles. The highest BCUT2D eigenvalue weighted by molar-refractivity contribution is 5.30. The third kappa shape index (κ3) is 4.87. The molecule has 0 bridgehead atoms. The molecule has 24 heavy (non-hydrogen) atoms. The van der Waals surface area contributed by atoms with Gasteiger partial charge in [0.15, 0.2) is 0 Å². The predicted octanol–water partition coefficient (Wildman–Crippen LogP) is 2.34. The van der Waals surface area contributed by atoms with E-state index in [0.29, 0.717) is 6.04 Å². The predicted molar refractivity (Wildman–Crippen MR) is 98.6 cm³/mol. The third-order valence-corrected chi connectivity index (χ3v) is 4.68. The highest BCUT2D eigenvalue weighted by atomic mass is 15.2. The smallest absolute Gasteiger partial charge is 0.0543 e. The van der Waals surface area contributed by atoms with Crippen molar-refractivity contribution in [2.24, 2.45) is 5.73 Å². The average molecular weight is 324 g/mol. The number of nitrogens with zero attached hydrogens (tertiary/aromatic N) is 2. The van der Waals surface area contributed by atoms with Gasteiger partial charge in [-0.3, -0.25) is 9.88 Å². The van der Waals surface area contributed by atoms with E-state index >= 15 is 0 Å². The van der Waals surface area contributed by atoms with Crippen molar-refractivity contribution >= 4 is 0 Å². The summed E-state index contributed by atoms with van der Waals surface area (Å²) < 4.78 is 0.